The number of likely N-dealkylation sites (tertiary alicyclic amines) is 1. The highest BCUT2D eigenvalue weighted by molar-refractivity contribution is 8.01. The maximum Gasteiger partial charge on any atom is 0.233 e. The maximum atomic E-state index is 12.6. The number of β-amino-alcohol motifs (C(OH)–C–C–N with tert-alkyl or cyclic N) is 1. The van der Waals surface area contributed by atoms with Crippen molar-refractivity contribution in [2.24, 2.45) is 0 Å². The molecular weight excluding hydrogens is 394 g/mol. The molecule has 2 amide bonds. The van der Waals surface area contributed by atoms with Crippen LogP contribution in [0.15, 0.2) is 40.1 Å². The number of hydrogen-bond acceptors (Lipinski definition) is 6. The van der Waals surface area contributed by atoms with Gasteiger partial charge in [-0.05, 0) is 18.9 Å². The molecular formula is C20H25N3O3S2. The average molecular weight is 420 g/mol. The van der Waals surface area contributed by atoms with E-state index in [2.05, 4.69) is 10.3 Å². The molecule has 0 bridgehead atoms. The Morgan fingerprint density at radius 2 is 2.14 bits per heavy atom. The van der Waals surface area contributed by atoms with Crippen molar-refractivity contribution in [1.29, 1.82) is 0 Å². The lowest BCUT2D eigenvalue weighted by Crippen LogP contribution is -2.62. The minimum atomic E-state index is -0.879. The molecule has 1 aliphatic heterocycles. The van der Waals surface area contributed by atoms with Gasteiger partial charge in [-0.1, -0.05) is 49.0 Å². The SMILES string of the molecule is CCC(=O)N[C@]1(c2ccccc2)CCN(C(=O)CSc2nc(C)cs2)C[C@H]1O. The third kappa shape index (κ3) is 4.56. The predicted molar refractivity (Wildman–Crippen MR) is 111 cm³/mol. The van der Waals surface area contributed by atoms with Gasteiger partial charge in [0, 0.05) is 30.6 Å². The second-order valence-corrected chi connectivity index (χ2v) is 8.97. The zero-order valence-corrected chi connectivity index (χ0v) is 17.7. The number of carbonyl (C=O) groups is 2. The number of aryl methyl sites for hydroxylation is 1. The van der Waals surface area contributed by atoms with E-state index in [0.717, 1.165) is 15.6 Å². The van der Waals surface area contributed by atoms with Crippen LogP contribution in [0.1, 0.15) is 31.0 Å². The Kier molecular flexibility index (Phi) is 6.74. The van der Waals surface area contributed by atoms with Crippen LogP contribution in [0.5, 0.6) is 0 Å². The van der Waals surface area contributed by atoms with E-state index >= 15 is 0 Å². The first-order valence-electron chi connectivity index (χ1n) is 9.32. The number of benzene rings is 1. The van der Waals surface area contributed by atoms with E-state index in [-0.39, 0.29) is 18.4 Å². The van der Waals surface area contributed by atoms with Crippen LogP contribution in [0.4, 0.5) is 0 Å². The number of carbonyl (C=O) groups excluding carboxylic acids is 2. The molecule has 8 heteroatoms. The molecule has 1 aromatic heterocycles. The molecule has 0 saturated carbocycles. The smallest absolute Gasteiger partial charge is 0.233 e. The first kappa shape index (κ1) is 20.8. The quantitative estimate of drug-likeness (QED) is 0.703. The third-order valence-electron chi connectivity index (χ3n) is 4.98. The van der Waals surface area contributed by atoms with Crippen molar-refractivity contribution in [3.63, 3.8) is 0 Å². The molecule has 1 saturated heterocycles. The number of rotatable bonds is 6. The standard InChI is InChI=1S/C20H25N3O3S2/c1-3-17(25)22-20(15-7-5-4-6-8-15)9-10-23(11-16(20)24)18(26)13-28-19-21-14(2)12-27-19/h4-8,12,16,24H,3,9-11,13H2,1-2H3,(H,22,25)/t16-,20+/m1/s1. The molecule has 0 spiro atoms. The summed E-state index contributed by atoms with van der Waals surface area (Å²) in [6.07, 6.45) is -0.0694. The fraction of sp³-hybridized carbons (Fsp3) is 0.450. The molecule has 3 rings (SSSR count). The zero-order chi connectivity index (χ0) is 20.1. The normalized spacial score (nSPS) is 22.1. The number of piperidine rings is 1. The molecule has 2 aromatic rings. The van der Waals surface area contributed by atoms with Gasteiger partial charge >= 0.3 is 0 Å². The highest BCUT2D eigenvalue weighted by Crippen LogP contribution is 2.34. The lowest BCUT2D eigenvalue weighted by atomic mass is 9.78. The van der Waals surface area contributed by atoms with Gasteiger partial charge in [0.05, 0.1) is 17.4 Å². The van der Waals surface area contributed by atoms with Crippen molar-refractivity contribution in [1.82, 2.24) is 15.2 Å². The van der Waals surface area contributed by atoms with Crippen LogP contribution < -0.4 is 5.32 Å². The summed E-state index contributed by atoms with van der Waals surface area (Å²) in [5.41, 5.74) is 0.946. The van der Waals surface area contributed by atoms with Gasteiger partial charge in [-0.15, -0.1) is 11.3 Å². The second-order valence-electron chi connectivity index (χ2n) is 6.89. The predicted octanol–water partition coefficient (Wildman–Crippen LogP) is 2.56. The number of nitrogens with zero attached hydrogens (tertiary/aromatic N) is 2. The monoisotopic (exact) mass is 419 g/mol. The van der Waals surface area contributed by atoms with E-state index in [1.807, 2.05) is 42.6 Å². The summed E-state index contributed by atoms with van der Waals surface area (Å²) in [6, 6.07) is 9.52. The summed E-state index contributed by atoms with van der Waals surface area (Å²) in [4.78, 5) is 30.8. The van der Waals surface area contributed by atoms with E-state index < -0.39 is 11.6 Å². The fourth-order valence-corrected chi connectivity index (χ4v) is 5.15. The van der Waals surface area contributed by atoms with Crippen molar-refractivity contribution in [2.45, 2.75) is 42.7 Å². The van der Waals surface area contributed by atoms with Crippen LogP contribution >= 0.6 is 23.1 Å². The fourth-order valence-electron chi connectivity index (χ4n) is 3.40. The van der Waals surface area contributed by atoms with Gasteiger partial charge in [0.2, 0.25) is 11.8 Å². The zero-order valence-electron chi connectivity index (χ0n) is 16.1. The van der Waals surface area contributed by atoms with Gasteiger partial charge in [-0.25, -0.2) is 4.98 Å². The molecule has 2 heterocycles. The molecule has 0 radical (unpaired) electrons. The summed E-state index contributed by atoms with van der Waals surface area (Å²) >= 11 is 2.95. The number of aliphatic hydroxyl groups is 1. The van der Waals surface area contributed by atoms with Crippen LogP contribution in [0.25, 0.3) is 0 Å². The number of aliphatic hydroxyl groups excluding tert-OH is 1. The largest absolute Gasteiger partial charge is 0.388 e. The van der Waals surface area contributed by atoms with E-state index in [4.69, 9.17) is 0 Å². The average Bonchev–Trinajstić information content (AvgIpc) is 3.13. The van der Waals surface area contributed by atoms with E-state index in [0.29, 0.717) is 25.1 Å². The minimum absolute atomic E-state index is 0.0274. The summed E-state index contributed by atoms with van der Waals surface area (Å²) in [5.74, 6) is 0.150. The first-order chi connectivity index (χ1) is 13.4. The molecule has 1 fully saturated rings. The van der Waals surface area contributed by atoms with Crippen molar-refractivity contribution in [2.75, 3.05) is 18.8 Å². The number of aromatic nitrogens is 1. The molecule has 0 aliphatic carbocycles. The topological polar surface area (TPSA) is 82.5 Å². The van der Waals surface area contributed by atoms with Crippen molar-refractivity contribution >= 4 is 34.9 Å². The Morgan fingerprint density at radius 3 is 2.75 bits per heavy atom. The molecule has 1 aliphatic rings. The Bertz CT molecular complexity index is 827. The first-order valence-corrected chi connectivity index (χ1v) is 11.2. The van der Waals surface area contributed by atoms with Gasteiger partial charge in [0.1, 0.15) is 0 Å². The van der Waals surface area contributed by atoms with E-state index in [1.165, 1.54) is 23.1 Å². The van der Waals surface area contributed by atoms with Gasteiger partial charge in [0.15, 0.2) is 4.34 Å². The molecule has 28 heavy (non-hydrogen) atoms. The lowest BCUT2D eigenvalue weighted by molar-refractivity contribution is -0.136. The van der Waals surface area contributed by atoms with Crippen molar-refractivity contribution in [3.05, 3.63) is 47.0 Å². The Balaban J connectivity index is 1.70. The summed E-state index contributed by atoms with van der Waals surface area (Å²) in [5, 5.41) is 16.0. The third-order valence-corrected chi connectivity index (χ3v) is 7.10. The number of thioether (sulfide) groups is 1. The van der Waals surface area contributed by atoms with E-state index in [1.54, 1.807) is 11.8 Å². The van der Waals surface area contributed by atoms with Crippen LogP contribution in [0.3, 0.4) is 0 Å². The molecule has 0 unspecified atom stereocenters. The number of hydrogen-bond donors (Lipinski definition) is 2. The van der Waals surface area contributed by atoms with Crippen LogP contribution in [-0.2, 0) is 15.1 Å². The van der Waals surface area contributed by atoms with Crippen LogP contribution in [-0.4, -0.2) is 51.8 Å². The minimum Gasteiger partial charge on any atom is -0.388 e. The van der Waals surface area contributed by atoms with Crippen LogP contribution in [0.2, 0.25) is 0 Å². The Labute approximate surface area is 173 Å². The van der Waals surface area contributed by atoms with Gasteiger partial charge in [0.25, 0.3) is 0 Å². The number of amides is 2. The summed E-state index contributed by atoms with van der Waals surface area (Å²) in [6.45, 7) is 4.38. The second kappa shape index (κ2) is 9.07. The molecule has 6 nitrogen and oxygen atoms in total. The van der Waals surface area contributed by atoms with Gasteiger partial charge in [-0.3, -0.25) is 9.59 Å². The highest BCUT2D eigenvalue weighted by Gasteiger charge is 2.45. The number of thiazole rings is 1. The molecule has 2 N–H and O–H groups in total. The molecule has 2 atom stereocenters. The highest BCUT2D eigenvalue weighted by atomic mass is 32.2. The molecule has 1 aromatic carbocycles. The maximum absolute atomic E-state index is 12.6. The summed E-state index contributed by atoms with van der Waals surface area (Å²) < 4.78 is 0.872. The summed E-state index contributed by atoms with van der Waals surface area (Å²) in [7, 11) is 0. The van der Waals surface area contributed by atoms with Gasteiger partial charge in [-0.2, -0.15) is 0 Å². The number of nitrogens with one attached hydrogen (secondary N) is 1. The van der Waals surface area contributed by atoms with E-state index in [9.17, 15) is 14.7 Å². The molecule has 150 valence electrons. The van der Waals surface area contributed by atoms with Crippen molar-refractivity contribution in [3.8, 4) is 0 Å². The Hall–Kier alpha value is -1.90. The Morgan fingerprint density at radius 1 is 1.39 bits per heavy atom. The van der Waals surface area contributed by atoms with Crippen LogP contribution in [0, 0.1) is 6.92 Å². The van der Waals surface area contributed by atoms with Gasteiger partial charge < -0.3 is 15.3 Å². The van der Waals surface area contributed by atoms with Crippen molar-refractivity contribution < 1.29 is 14.7 Å². The lowest BCUT2D eigenvalue weighted by Gasteiger charge is -2.46.